The number of furan rings is 1. The van der Waals surface area contributed by atoms with Gasteiger partial charge in [-0.25, -0.2) is 9.98 Å². The molecule has 1 unspecified atom stereocenters. The minimum atomic E-state index is -0.294. The first-order valence-corrected chi connectivity index (χ1v) is 19.3. The summed E-state index contributed by atoms with van der Waals surface area (Å²) in [5, 5.41) is 10.5. The van der Waals surface area contributed by atoms with Gasteiger partial charge in [0.25, 0.3) is 0 Å². The second kappa shape index (κ2) is 12.4. The minimum Gasteiger partial charge on any atom is -0.456 e. The zero-order valence-electron chi connectivity index (χ0n) is 30.7. The Labute approximate surface area is 327 Å². The fraction of sp³-hybridized carbons (Fsp3) is 0.0196. The summed E-state index contributed by atoms with van der Waals surface area (Å²) in [6.45, 7) is 0. The fourth-order valence-electron chi connectivity index (χ4n) is 8.82. The van der Waals surface area contributed by atoms with E-state index in [4.69, 9.17) is 14.4 Å². The molecule has 0 saturated carbocycles. The van der Waals surface area contributed by atoms with Crippen LogP contribution in [-0.4, -0.2) is 20.8 Å². The molecule has 8 aromatic carbocycles. The van der Waals surface area contributed by atoms with Gasteiger partial charge in [-0.05, 0) is 60.2 Å². The van der Waals surface area contributed by atoms with Crippen LogP contribution in [0.2, 0.25) is 0 Å². The molecule has 6 heteroatoms. The molecule has 0 spiro atoms. The normalized spacial score (nSPS) is 14.5. The van der Waals surface area contributed by atoms with Crippen molar-refractivity contribution < 1.29 is 4.42 Å². The first-order valence-electron chi connectivity index (χ1n) is 19.3. The molecule has 4 heterocycles. The highest BCUT2D eigenvalue weighted by Gasteiger charge is 2.24. The van der Waals surface area contributed by atoms with Crippen LogP contribution in [-0.2, 0) is 0 Å². The van der Waals surface area contributed by atoms with E-state index in [0.717, 1.165) is 66.9 Å². The molecule has 57 heavy (non-hydrogen) atoms. The van der Waals surface area contributed by atoms with E-state index in [1.807, 2.05) is 48.5 Å². The third kappa shape index (κ3) is 4.90. The van der Waals surface area contributed by atoms with Crippen molar-refractivity contribution in [2.75, 3.05) is 0 Å². The molecule has 0 aliphatic carbocycles. The number of benzene rings is 8. The lowest BCUT2D eigenvalue weighted by atomic mass is 10.0. The second-order valence-electron chi connectivity index (χ2n) is 14.6. The van der Waals surface area contributed by atoms with Gasteiger partial charge in [-0.2, -0.15) is 0 Å². The predicted molar refractivity (Wildman–Crippen MR) is 234 cm³/mol. The Balaban J connectivity index is 1.06. The molecule has 1 N–H and O–H groups in total. The van der Waals surface area contributed by atoms with Gasteiger partial charge in [-0.3, -0.25) is 0 Å². The van der Waals surface area contributed by atoms with Gasteiger partial charge >= 0.3 is 0 Å². The smallest absolute Gasteiger partial charge is 0.160 e. The highest BCUT2D eigenvalue weighted by molar-refractivity contribution is 6.23. The van der Waals surface area contributed by atoms with Gasteiger partial charge in [0.2, 0.25) is 0 Å². The van der Waals surface area contributed by atoms with Crippen molar-refractivity contribution >= 4 is 77.2 Å². The van der Waals surface area contributed by atoms with Crippen molar-refractivity contribution in [2.45, 2.75) is 6.17 Å². The standard InChI is InChI=1S/C51H33N5O/c1-4-15-32(16-5-1)49-52-50(33-17-6-2-7-18-33)54-51(53-49)39-23-14-26-46-48(39)38-28-27-35(29-47(38)57-46)56-43-25-13-11-22-37(43)41-30-44-40(31-45(41)56)36-21-10-12-24-42(36)55(44)34-19-8-3-9-20-34/h1-31,49H,(H,52,53,54). The maximum absolute atomic E-state index is 6.71. The van der Waals surface area contributed by atoms with Crippen molar-refractivity contribution in [3.63, 3.8) is 0 Å². The number of nitrogens with zero attached hydrogens (tertiary/aromatic N) is 4. The van der Waals surface area contributed by atoms with Gasteiger partial charge in [-0.1, -0.05) is 127 Å². The molecule has 0 bridgehead atoms. The third-order valence-corrected chi connectivity index (χ3v) is 11.4. The molecule has 1 aliphatic rings. The molecule has 6 nitrogen and oxygen atoms in total. The van der Waals surface area contributed by atoms with Crippen LogP contribution in [0, 0.1) is 0 Å². The fourth-order valence-corrected chi connectivity index (χ4v) is 8.82. The lowest BCUT2D eigenvalue weighted by molar-refractivity contribution is 0.668. The van der Waals surface area contributed by atoms with E-state index in [9.17, 15) is 0 Å². The average Bonchev–Trinajstić information content (AvgIpc) is 3.93. The van der Waals surface area contributed by atoms with Gasteiger partial charge in [0, 0.05) is 60.9 Å². The topological polar surface area (TPSA) is 59.8 Å². The van der Waals surface area contributed by atoms with Gasteiger partial charge in [0.15, 0.2) is 5.84 Å². The Morgan fingerprint density at radius 2 is 1.07 bits per heavy atom. The summed E-state index contributed by atoms with van der Waals surface area (Å²) < 4.78 is 11.5. The van der Waals surface area contributed by atoms with Crippen molar-refractivity contribution in [1.82, 2.24) is 14.5 Å². The van der Waals surface area contributed by atoms with Crippen LogP contribution in [0.3, 0.4) is 0 Å². The largest absolute Gasteiger partial charge is 0.456 e. The first kappa shape index (κ1) is 31.6. The average molecular weight is 732 g/mol. The number of hydrogen-bond donors (Lipinski definition) is 1. The van der Waals surface area contributed by atoms with E-state index in [0.29, 0.717) is 5.84 Å². The molecular weight excluding hydrogens is 699 g/mol. The van der Waals surface area contributed by atoms with Crippen molar-refractivity contribution in [1.29, 1.82) is 0 Å². The molecule has 1 aliphatic heterocycles. The predicted octanol–water partition coefficient (Wildman–Crippen LogP) is 12.3. The van der Waals surface area contributed by atoms with Crippen LogP contribution >= 0.6 is 0 Å². The molecule has 0 fully saturated rings. The number of amidine groups is 2. The van der Waals surface area contributed by atoms with E-state index in [1.165, 1.54) is 32.6 Å². The van der Waals surface area contributed by atoms with Crippen molar-refractivity contribution in [3.05, 3.63) is 205 Å². The molecule has 0 radical (unpaired) electrons. The molecular formula is C51H33N5O. The van der Waals surface area contributed by atoms with E-state index < -0.39 is 0 Å². The number of rotatable bonds is 5. The van der Waals surface area contributed by atoms with Gasteiger partial charge in [0.1, 0.15) is 23.2 Å². The molecule has 3 aromatic heterocycles. The number of aromatic nitrogens is 2. The van der Waals surface area contributed by atoms with E-state index in [1.54, 1.807) is 0 Å². The number of nitrogens with one attached hydrogen (secondary N) is 1. The quantitative estimate of drug-likeness (QED) is 0.192. The summed E-state index contributed by atoms with van der Waals surface area (Å²) in [5.74, 6) is 1.45. The molecule has 0 amide bonds. The summed E-state index contributed by atoms with van der Waals surface area (Å²) in [6.07, 6.45) is -0.294. The third-order valence-electron chi connectivity index (χ3n) is 11.4. The number of aliphatic imine (C=N–C) groups is 2. The Hall–Kier alpha value is -7.70. The Kier molecular flexibility index (Phi) is 6.89. The molecule has 268 valence electrons. The van der Waals surface area contributed by atoms with Crippen LogP contribution in [0.25, 0.3) is 76.9 Å². The highest BCUT2D eigenvalue weighted by atomic mass is 16.3. The number of fused-ring (bicyclic) bond motifs is 9. The Morgan fingerprint density at radius 3 is 1.77 bits per heavy atom. The second-order valence-corrected chi connectivity index (χ2v) is 14.6. The van der Waals surface area contributed by atoms with Crippen molar-refractivity contribution in [3.8, 4) is 11.4 Å². The summed E-state index contributed by atoms with van der Waals surface area (Å²) in [7, 11) is 0. The minimum absolute atomic E-state index is 0.294. The zero-order valence-corrected chi connectivity index (χ0v) is 30.7. The van der Waals surface area contributed by atoms with Crippen molar-refractivity contribution in [2.24, 2.45) is 9.98 Å². The van der Waals surface area contributed by atoms with Gasteiger partial charge in [0.05, 0.1) is 22.1 Å². The lowest BCUT2D eigenvalue weighted by Crippen LogP contribution is -2.33. The van der Waals surface area contributed by atoms with Crippen LogP contribution < -0.4 is 5.32 Å². The molecule has 0 saturated heterocycles. The summed E-state index contributed by atoms with van der Waals surface area (Å²) in [4.78, 5) is 10.3. The SMILES string of the molecule is c1ccc(C2=NC(c3cccc4oc5cc(-n6c7ccccc7c7cc8c(cc76)c6ccccc6n8-c6ccccc6)ccc5c34)=NC(c3ccccc3)N2)cc1. The zero-order chi connectivity index (χ0) is 37.5. The summed E-state index contributed by atoms with van der Waals surface area (Å²) in [5.41, 5.74) is 11.5. The summed E-state index contributed by atoms with van der Waals surface area (Å²) in [6, 6.07) is 66.1. The molecule has 12 rings (SSSR count). The highest BCUT2D eigenvalue weighted by Crippen LogP contribution is 2.41. The van der Waals surface area contributed by atoms with E-state index in [-0.39, 0.29) is 6.17 Å². The summed E-state index contributed by atoms with van der Waals surface area (Å²) >= 11 is 0. The monoisotopic (exact) mass is 731 g/mol. The van der Waals surface area contributed by atoms with E-state index >= 15 is 0 Å². The van der Waals surface area contributed by atoms with Crippen LogP contribution in [0.4, 0.5) is 0 Å². The van der Waals surface area contributed by atoms with Gasteiger partial charge < -0.3 is 18.9 Å². The van der Waals surface area contributed by atoms with Crippen LogP contribution in [0.1, 0.15) is 22.9 Å². The van der Waals surface area contributed by atoms with Crippen LogP contribution in [0.15, 0.2) is 202 Å². The number of hydrogen-bond acceptors (Lipinski definition) is 4. The first-order chi connectivity index (χ1) is 28.3. The molecule has 11 aromatic rings. The lowest BCUT2D eigenvalue weighted by Gasteiger charge is -2.23. The Morgan fingerprint density at radius 1 is 0.456 bits per heavy atom. The molecule has 1 atom stereocenters. The Bertz CT molecular complexity index is 3430. The maximum Gasteiger partial charge on any atom is 0.160 e. The maximum atomic E-state index is 6.71. The number of para-hydroxylation sites is 3. The van der Waals surface area contributed by atoms with Crippen LogP contribution in [0.5, 0.6) is 0 Å². The van der Waals surface area contributed by atoms with E-state index in [2.05, 4.69) is 154 Å². The van der Waals surface area contributed by atoms with Gasteiger partial charge in [-0.15, -0.1) is 0 Å².